The lowest BCUT2D eigenvalue weighted by atomic mass is 10.2. The van der Waals surface area contributed by atoms with Gasteiger partial charge in [0.15, 0.2) is 32.5 Å². The topological polar surface area (TPSA) is 110 Å². The minimum Gasteiger partial charge on any atom is -0.471 e. The number of hydrogen-bond acceptors (Lipinski definition) is 8. The van der Waals surface area contributed by atoms with Crippen molar-refractivity contribution in [3.05, 3.63) is 40.6 Å². The molecule has 0 unspecified atom stereocenters. The summed E-state index contributed by atoms with van der Waals surface area (Å²) in [6.45, 7) is 26.9. The molecule has 10 nitrogen and oxygen atoms in total. The minimum absolute atomic E-state index is 0.0277. The van der Waals surface area contributed by atoms with Crippen LogP contribution in [0.15, 0.2) is 35.1 Å². The highest BCUT2D eigenvalue weighted by Gasteiger charge is 2.47. The summed E-state index contributed by atoms with van der Waals surface area (Å²) >= 11 is 3.68. The fraction of sp³-hybridized carbons (Fsp3) is 0.636. The van der Waals surface area contributed by atoms with E-state index in [4.69, 9.17) is 28.3 Å². The molecule has 1 N–H and O–H groups in total. The number of rotatable bonds is 11. The molecule has 0 spiro atoms. The Morgan fingerprint density at radius 2 is 1.65 bits per heavy atom. The number of benzene rings is 1. The molecule has 0 aliphatic carbocycles. The quantitative estimate of drug-likeness (QED) is 0.154. The highest BCUT2D eigenvalue weighted by Crippen LogP contribution is 2.44. The lowest BCUT2D eigenvalue weighted by molar-refractivity contribution is -0.118. The average molecular weight is 735 g/mol. The van der Waals surface area contributed by atoms with Crippen molar-refractivity contribution < 1.29 is 23.1 Å². The number of ether oxygens (including phenoxy) is 2. The van der Waals surface area contributed by atoms with Crippen molar-refractivity contribution in [2.75, 3.05) is 11.9 Å². The van der Waals surface area contributed by atoms with Gasteiger partial charge >= 0.3 is 0 Å². The summed E-state index contributed by atoms with van der Waals surface area (Å²) in [6, 6.07) is 9.83. The molecule has 2 aromatic heterocycles. The maximum atomic E-state index is 12.7. The van der Waals surface area contributed by atoms with Crippen LogP contribution in [0.5, 0.6) is 5.88 Å². The van der Waals surface area contributed by atoms with Crippen LogP contribution in [0.25, 0.3) is 11.2 Å². The predicted molar refractivity (Wildman–Crippen MR) is 191 cm³/mol. The number of anilines is 1. The number of carbonyl (C=O) groups excluding carboxylic acids is 1. The van der Waals surface area contributed by atoms with E-state index in [-0.39, 0.29) is 52.5 Å². The smallest absolute Gasteiger partial charge is 0.247 e. The zero-order valence-electron chi connectivity index (χ0n) is 29.5. The third-order valence-corrected chi connectivity index (χ3v) is 19.1. The first kappa shape index (κ1) is 36.7. The van der Waals surface area contributed by atoms with Crippen LogP contribution in [-0.4, -0.2) is 60.9 Å². The summed E-state index contributed by atoms with van der Waals surface area (Å²) in [6.07, 6.45) is -0.336. The van der Waals surface area contributed by atoms with Gasteiger partial charge in [0.05, 0.1) is 12.7 Å². The molecule has 1 aliphatic heterocycles. The molecule has 4 rings (SSSR count). The summed E-state index contributed by atoms with van der Waals surface area (Å²) in [4.78, 5) is 26.8. The van der Waals surface area contributed by atoms with E-state index in [2.05, 4.69) is 94.0 Å². The summed E-state index contributed by atoms with van der Waals surface area (Å²) < 4.78 is 29.1. The van der Waals surface area contributed by atoms with Gasteiger partial charge in [-0.3, -0.25) is 14.7 Å². The summed E-state index contributed by atoms with van der Waals surface area (Å²) in [5.74, 6) is -0.0241. The van der Waals surface area contributed by atoms with Gasteiger partial charge in [-0.05, 0) is 57.8 Å². The van der Waals surface area contributed by atoms with Gasteiger partial charge in [-0.2, -0.15) is 9.97 Å². The molecule has 3 atom stereocenters. The van der Waals surface area contributed by atoms with Gasteiger partial charge in [-0.15, -0.1) is 0 Å². The third-order valence-electron chi connectivity index (χ3n) is 9.58. The van der Waals surface area contributed by atoms with Crippen LogP contribution in [0.1, 0.15) is 73.6 Å². The first-order chi connectivity index (χ1) is 21.2. The molecule has 1 fully saturated rings. The maximum Gasteiger partial charge on any atom is 0.247 e. The number of hydrogen-bond donors (Lipinski definition) is 1. The maximum absolute atomic E-state index is 12.7. The minimum atomic E-state index is -2.15. The molecule has 1 aromatic carbocycles. The van der Waals surface area contributed by atoms with Gasteiger partial charge < -0.3 is 18.3 Å². The largest absolute Gasteiger partial charge is 0.471 e. The summed E-state index contributed by atoms with van der Waals surface area (Å²) in [5, 5.41) is 2.93. The molecule has 13 heteroatoms. The van der Waals surface area contributed by atoms with Gasteiger partial charge in [0, 0.05) is 12.3 Å². The lowest BCUT2D eigenvalue weighted by Gasteiger charge is -2.40. The first-order valence-corrected chi connectivity index (χ1v) is 22.7. The monoisotopic (exact) mass is 733 g/mol. The summed E-state index contributed by atoms with van der Waals surface area (Å²) in [7, 11) is -4.20. The number of nitrogens with one attached hydrogen (secondary N) is 1. The molecular weight excluding hydrogens is 682 g/mol. The fourth-order valence-electron chi connectivity index (χ4n) is 4.51. The molecule has 0 radical (unpaired) electrons. The Bertz CT molecular complexity index is 1520. The van der Waals surface area contributed by atoms with E-state index in [1.165, 1.54) is 0 Å². The van der Waals surface area contributed by atoms with Crippen molar-refractivity contribution in [1.82, 2.24) is 19.5 Å². The fourth-order valence-corrected chi connectivity index (χ4v) is 7.46. The lowest BCUT2D eigenvalue weighted by Crippen LogP contribution is -2.48. The van der Waals surface area contributed by atoms with Gasteiger partial charge in [0.1, 0.15) is 18.9 Å². The zero-order chi connectivity index (χ0) is 34.2. The van der Waals surface area contributed by atoms with E-state index in [1.54, 1.807) is 0 Å². The molecule has 46 heavy (non-hydrogen) atoms. The molecule has 254 valence electrons. The van der Waals surface area contributed by atoms with Crippen molar-refractivity contribution in [3.8, 4) is 5.88 Å². The van der Waals surface area contributed by atoms with Crippen molar-refractivity contribution >= 4 is 55.6 Å². The molecule has 1 saturated heterocycles. The van der Waals surface area contributed by atoms with Crippen LogP contribution in [-0.2, 0) is 25.0 Å². The zero-order valence-corrected chi connectivity index (χ0v) is 33.1. The number of halogens is 1. The third kappa shape index (κ3) is 8.27. The Kier molecular flexibility index (Phi) is 11.0. The molecule has 0 bridgehead atoms. The Balaban J connectivity index is 1.73. The Hall–Kier alpha value is -2.17. The molecule has 1 aliphatic rings. The molecule has 1 amide bonds. The highest BCUT2D eigenvalue weighted by molar-refractivity contribution is 9.10. The molecule has 0 saturated carbocycles. The van der Waals surface area contributed by atoms with E-state index in [1.807, 2.05) is 48.7 Å². The van der Waals surface area contributed by atoms with Crippen LogP contribution in [0, 0.1) is 5.92 Å². The van der Waals surface area contributed by atoms with E-state index in [0.717, 1.165) is 5.56 Å². The van der Waals surface area contributed by atoms with E-state index in [0.29, 0.717) is 28.9 Å². The van der Waals surface area contributed by atoms with Gasteiger partial charge in [-0.25, -0.2) is 4.98 Å². The number of amides is 1. The second kappa shape index (κ2) is 13.8. The van der Waals surface area contributed by atoms with E-state index < -0.39 is 22.9 Å². The van der Waals surface area contributed by atoms with Crippen molar-refractivity contribution in [1.29, 1.82) is 0 Å². The Labute approximate surface area is 284 Å². The van der Waals surface area contributed by atoms with Gasteiger partial charge in [-0.1, -0.05) is 85.7 Å². The Morgan fingerprint density at radius 1 is 1.02 bits per heavy atom. The molecule has 3 heterocycles. The van der Waals surface area contributed by atoms with Crippen LogP contribution in [0.3, 0.4) is 0 Å². The standard InChI is InChI=1S/C33H52BrN5O5Si2/c1-21(2)28(40)37-31-36-27-26(29(38-31)41-19-22-16-14-13-15-17-22)35-30(34)39(27)25-18-23(44-46(11,12)33(6,7)8)24(43-25)20-42-45(9,10)32(3,4)5/h13-17,21,23-25H,18-20H2,1-12H3,(H,36,37,38,40)/t23-,24+,25+/m0/s1. The van der Waals surface area contributed by atoms with Crippen LogP contribution < -0.4 is 10.1 Å². The SMILES string of the molecule is CC(C)C(=O)Nc1nc(OCc2ccccc2)c2nc(Br)n([C@H]3C[C@H](O[Si](C)(C)C(C)(C)C)[C@@H](CO[Si](C)(C)C(C)(C)C)O3)c2n1. The predicted octanol–water partition coefficient (Wildman–Crippen LogP) is 8.46. The first-order valence-electron chi connectivity index (χ1n) is 16.1. The Morgan fingerprint density at radius 3 is 2.24 bits per heavy atom. The normalized spacial score (nSPS) is 19.7. The van der Waals surface area contributed by atoms with Crippen molar-refractivity contribution in [3.63, 3.8) is 0 Å². The second-order valence-corrected chi connectivity index (χ2v) is 25.8. The number of nitrogens with zero attached hydrogens (tertiary/aromatic N) is 4. The van der Waals surface area contributed by atoms with Crippen LogP contribution in [0.4, 0.5) is 5.95 Å². The number of aromatic nitrogens is 4. The molecular formula is C33H52BrN5O5Si2. The van der Waals surface area contributed by atoms with E-state index in [9.17, 15) is 4.79 Å². The van der Waals surface area contributed by atoms with Crippen molar-refractivity contribution in [2.24, 2.45) is 5.92 Å². The van der Waals surface area contributed by atoms with Crippen molar-refractivity contribution in [2.45, 2.75) is 123 Å². The van der Waals surface area contributed by atoms with E-state index >= 15 is 0 Å². The van der Waals surface area contributed by atoms with Crippen LogP contribution in [0.2, 0.25) is 36.3 Å². The number of imidazole rings is 1. The van der Waals surface area contributed by atoms with Crippen LogP contribution >= 0.6 is 15.9 Å². The van der Waals surface area contributed by atoms with Gasteiger partial charge in [0.25, 0.3) is 0 Å². The van der Waals surface area contributed by atoms with Gasteiger partial charge in [0.2, 0.25) is 17.7 Å². The highest BCUT2D eigenvalue weighted by atomic mass is 79.9. The number of carbonyl (C=O) groups is 1. The average Bonchev–Trinajstić information content (AvgIpc) is 3.48. The summed E-state index contributed by atoms with van der Waals surface area (Å²) in [5.41, 5.74) is 1.94. The second-order valence-electron chi connectivity index (χ2n) is 15.5. The molecule has 3 aromatic rings. The number of fused-ring (bicyclic) bond motifs is 1.